The fourth-order valence-corrected chi connectivity index (χ4v) is 8.16. The third-order valence-corrected chi connectivity index (χ3v) is 11.9. The van der Waals surface area contributed by atoms with Gasteiger partial charge in [0.2, 0.25) is 27.7 Å². The van der Waals surface area contributed by atoms with Crippen LogP contribution in [-0.2, 0) is 40.5 Å². The predicted molar refractivity (Wildman–Crippen MR) is 206 cm³/mol. The van der Waals surface area contributed by atoms with Crippen molar-refractivity contribution in [1.29, 1.82) is 0 Å². The van der Waals surface area contributed by atoms with Gasteiger partial charge in [0.15, 0.2) is 0 Å². The fourth-order valence-electron chi connectivity index (χ4n) is 6.79. The van der Waals surface area contributed by atoms with Crippen molar-refractivity contribution < 1.29 is 46.5 Å². The molecule has 16 heteroatoms. The Morgan fingerprint density at radius 1 is 1.09 bits per heavy atom. The van der Waals surface area contributed by atoms with Gasteiger partial charge in [0, 0.05) is 23.9 Å². The molecule has 6 atom stereocenters. The van der Waals surface area contributed by atoms with Crippen LogP contribution in [0.25, 0.3) is 10.8 Å². The van der Waals surface area contributed by atoms with E-state index in [9.17, 15) is 27.6 Å². The number of fused-ring (bicyclic) bond motifs is 1. The summed E-state index contributed by atoms with van der Waals surface area (Å²) in [6, 6.07) is 13.9. The van der Waals surface area contributed by atoms with Crippen LogP contribution in [0.1, 0.15) is 58.9 Å². The second kappa shape index (κ2) is 16.1. The van der Waals surface area contributed by atoms with Gasteiger partial charge in [0.1, 0.15) is 35.1 Å². The van der Waals surface area contributed by atoms with Crippen LogP contribution in [0.4, 0.5) is 4.79 Å². The highest BCUT2D eigenvalue weighted by molar-refractivity contribution is 7.91. The summed E-state index contributed by atoms with van der Waals surface area (Å²) in [5.41, 5.74) is -1.64. The molecule has 3 N–H and O–H groups in total. The van der Waals surface area contributed by atoms with Crippen molar-refractivity contribution in [2.75, 3.05) is 13.7 Å². The van der Waals surface area contributed by atoms with Gasteiger partial charge in [-0.05, 0) is 82.2 Å². The molecular formula is C40H49N5O10S. The molecule has 300 valence electrons. The first-order valence-corrected chi connectivity index (χ1v) is 20.1. The number of hydrogen-bond acceptors (Lipinski definition) is 11. The van der Waals surface area contributed by atoms with Gasteiger partial charge in [0.25, 0.3) is 5.91 Å². The van der Waals surface area contributed by atoms with Crippen LogP contribution in [0.2, 0.25) is 0 Å². The molecule has 2 aliphatic carbocycles. The number of methoxy groups -OCH3 is 1. The van der Waals surface area contributed by atoms with E-state index in [-0.39, 0.29) is 31.9 Å². The molecule has 0 spiro atoms. The normalized spacial score (nSPS) is 23.0. The van der Waals surface area contributed by atoms with Crippen LogP contribution in [-0.4, -0.2) is 96.5 Å². The lowest BCUT2D eigenvalue weighted by Gasteiger charge is -2.32. The molecule has 56 heavy (non-hydrogen) atoms. The molecule has 2 heterocycles. The number of ether oxygens (including phenoxy) is 4. The van der Waals surface area contributed by atoms with E-state index in [1.807, 2.05) is 36.4 Å². The molecule has 2 aromatic carbocycles. The fraction of sp³-hybridized carbons (Fsp3) is 0.475. The lowest BCUT2D eigenvalue weighted by molar-refractivity contribution is -0.144. The zero-order chi connectivity index (χ0) is 40.4. The molecule has 1 saturated heterocycles. The maximum Gasteiger partial charge on any atom is 0.408 e. The number of sulfonamides is 1. The summed E-state index contributed by atoms with van der Waals surface area (Å²) >= 11 is 0. The van der Waals surface area contributed by atoms with Crippen molar-refractivity contribution in [3.8, 4) is 11.6 Å². The Hall–Kier alpha value is -5.22. The maximum absolute atomic E-state index is 14.7. The van der Waals surface area contributed by atoms with Gasteiger partial charge in [-0.15, -0.1) is 6.58 Å². The van der Waals surface area contributed by atoms with E-state index >= 15 is 0 Å². The molecule has 3 aromatic rings. The lowest BCUT2D eigenvalue weighted by Crippen LogP contribution is -2.60. The van der Waals surface area contributed by atoms with Crippen molar-refractivity contribution in [2.45, 2.75) is 101 Å². The number of rotatable bonds is 15. The molecule has 3 fully saturated rings. The lowest BCUT2D eigenvalue weighted by atomic mass is 10.1. The van der Waals surface area contributed by atoms with Crippen molar-refractivity contribution in [3.05, 3.63) is 79.0 Å². The second-order valence-corrected chi connectivity index (χ2v) is 17.5. The molecule has 3 aliphatic rings. The Morgan fingerprint density at radius 3 is 2.46 bits per heavy atom. The summed E-state index contributed by atoms with van der Waals surface area (Å²) in [5.74, 6) is -1.89. The number of nitrogens with zero attached hydrogens (tertiary/aromatic N) is 2. The number of amides is 4. The van der Waals surface area contributed by atoms with Crippen molar-refractivity contribution in [2.24, 2.45) is 5.92 Å². The first-order chi connectivity index (χ1) is 26.5. The Kier molecular flexibility index (Phi) is 11.6. The minimum atomic E-state index is -3.93. The highest BCUT2D eigenvalue weighted by Crippen LogP contribution is 2.45. The number of pyridine rings is 1. The van der Waals surface area contributed by atoms with E-state index in [0.29, 0.717) is 24.0 Å². The van der Waals surface area contributed by atoms with Crippen LogP contribution in [0.15, 0.2) is 73.4 Å². The largest absolute Gasteiger partial charge is 0.497 e. The topological polar surface area (TPSA) is 192 Å². The number of likely N-dealkylation sites (tertiary alicyclic amines) is 1. The Balaban J connectivity index is 1.30. The third kappa shape index (κ3) is 9.24. The van der Waals surface area contributed by atoms with Crippen molar-refractivity contribution in [3.63, 3.8) is 0 Å². The van der Waals surface area contributed by atoms with Gasteiger partial charge in [-0.1, -0.05) is 36.4 Å². The third-order valence-electron chi connectivity index (χ3n) is 10.1. The number of aromatic nitrogens is 1. The van der Waals surface area contributed by atoms with Gasteiger partial charge < -0.3 is 34.5 Å². The highest BCUT2D eigenvalue weighted by atomic mass is 32.2. The van der Waals surface area contributed by atoms with Crippen molar-refractivity contribution >= 4 is 44.6 Å². The summed E-state index contributed by atoms with van der Waals surface area (Å²) in [6.45, 7) is 10.5. The average Bonchev–Trinajstić information content (AvgIpc) is 4.09. The van der Waals surface area contributed by atoms with Crippen molar-refractivity contribution in [1.82, 2.24) is 25.2 Å². The second-order valence-electron chi connectivity index (χ2n) is 15.5. The number of carbonyl (C=O) groups is 4. The molecular weight excluding hydrogens is 743 g/mol. The SMILES string of the molecule is C=C[C@@H]1C[C@]1(NC(=O)[C@@H]1C[C@@H](Oc2nccc3cc(OC)ccc23)CN1C(=O)[C@@H](NC(=O)OC(C)(C)C)[C@@H](C)OCc1ccccc1)C(=O)NS(=O)(=O)C1CC1. The zero-order valence-corrected chi connectivity index (χ0v) is 33.0. The number of nitrogens with one attached hydrogen (secondary N) is 3. The van der Waals surface area contributed by atoms with E-state index in [4.69, 9.17) is 18.9 Å². The number of benzene rings is 2. The van der Waals surface area contributed by atoms with Crippen LogP contribution < -0.4 is 24.8 Å². The predicted octanol–water partition coefficient (Wildman–Crippen LogP) is 3.76. The molecule has 6 rings (SSSR count). The summed E-state index contributed by atoms with van der Waals surface area (Å²) < 4.78 is 51.1. The van der Waals surface area contributed by atoms with Gasteiger partial charge in [-0.2, -0.15) is 0 Å². The minimum Gasteiger partial charge on any atom is -0.497 e. The highest BCUT2D eigenvalue weighted by Gasteiger charge is 2.62. The first kappa shape index (κ1) is 40.4. The summed E-state index contributed by atoms with van der Waals surface area (Å²) in [6.07, 6.45) is 1.49. The Morgan fingerprint density at radius 2 is 1.82 bits per heavy atom. The van der Waals surface area contributed by atoms with Gasteiger partial charge in [-0.3, -0.25) is 19.1 Å². The van der Waals surface area contributed by atoms with Gasteiger partial charge in [-0.25, -0.2) is 18.2 Å². The van der Waals surface area contributed by atoms with E-state index in [1.54, 1.807) is 59.2 Å². The van der Waals surface area contributed by atoms with Gasteiger partial charge >= 0.3 is 6.09 Å². The van der Waals surface area contributed by atoms with E-state index in [1.165, 1.54) is 11.0 Å². The van der Waals surface area contributed by atoms with Crippen LogP contribution in [0.5, 0.6) is 11.6 Å². The first-order valence-electron chi connectivity index (χ1n) is 18.6. The van der Waals surface area contributed by atoms with E-state index < -0.39 is 80.4 Å². The molecule has 4 amide bonds. The molecule has 1 aromatic heterocycles. The molecule has 1 aliphatic heterocycles. The van der Waals surface area contributed by atoms with E-state index in [0.717, 1.165) is 10.9 Å². The molecule has 15 nitrogen and oxygen atoms in total. The number of carbonyl (C=O) groups excluding carboxylic acids is 4. The monoisotopic (exact) mass is 791 g/mol. The molecule has 0 bridgehead atoms. The maximum atomic E-state index is 14.7. The molecule has 2 saturated carbocycles. The Labute approximate surface area is 326 Å². The molecule has 0 radical (unpaired) electrons. The molecule has 0 unspecified atom stereocenters. The zero-order valence-electron chi connectivity index (χ0n) is 32.1. The summed E-state index contributed by atoms with van der Waals surface area (Å²) in [4.78, 5) is 61.6. The van der Waals surface area contributed by atoms with Gasteiger partial charge in [0.05, 0.1) is 31.6 Å². The standard InChI is InChI=1S/C40H49N5O10S/c1-7-27-21-40(27,37(48)44-56(50,51)30-14-15-30)43-34(46)32-20-29(54-35-31-16-13-28(52-6)19-26(31)17-18-41-35)22-45(32)36(47)33(42-38(49)55-39(3,4)5)24(2)53-23-25-11-9-8-10-12-25/h7-13,16-19,24,27,29-30,32-33H,1,14-15,20-23H2,2-6H3,(H,42,49)(H,43,46)(H,44,48)/t24-,27-,29-,32+,33+,40-/m1/s1. The van der Waals surface area contributed by atoms with Crippen LogP contribution in [0, 0.1) is 5.92 Å². The quantitative estimate of drug-likeness (QED) is 0.190. The smallest absolute Gasteiger partial charge is 0.408 e. The minimum absolute atomic E-state index is 0.0268. The van der Waals surface area contributed by atoms with Crippen LogP contribution >= 0.6 is 0 Å². The number of hydrogen-bond donors (Lipinski definition) is 3. The average molecular weight is 792 g/mol. The summed E-state index contributed by atoms with van der Waals surface area (Å²) in [7, 11) is -2.37. The Bertz CT molecular complexity index is 2090. The van der Waals surface area contributed by atoms with E-state index in [2.05, 4.69) is 26.9 Å². The van der Waals surface area contributed by atoms with Crippen LogP contribution in [0.3, 0.4) is 0 Å². The number of alkyl carbamates (subject to hydrolysis) is 1. The summed E-state index contributed by atoms with van der Waals surface area (Å²) in [5, 5.41) is 6.25.